The summed E-state index contributed by atoms with van der Waals surface area (Å²) < 4.78 is 0. The fraction of sp³-hybridized carbons (Fsp3) is 0.333. The molecular weight excluding hydrogens is 326 g/mol. The molecule has 5 heteroatoms. The molecule has 1 N–H and O–H groups in total. The molecule has 0 aromatic heterocycles. The molecule has 1 amide bonds. The number of benzene rings is 2. The van der Waals surface area contributed by atoms with Crippen molar-refractivity contribution in [1.82, 2.24) is 4.90 Å². The van der Waals surface area contributed by atoms with Crippen molar-refractivity contribution in [2.45, 2.75) is 19.6 Å². The Kier molecular flexibility index (Phi) is 6.39. The van der Waals surface area contributed by atoms with Crippen LogP contribution in [0.4, 0.5) is 0 Å². The quantitative estimate of drug-likeness (QED) is 0.630. The molecule has 0 spiro atoms. The van der Waals surface area contributed by atoms with E-state index < -0.39 is 6.10 Å². The van der Waals surface area contributed by atoms with Gasteiger partial charge >= 0.3 is 0 Å². The summed E-state index contributed by atoms with van der Waals surface area (Å²) >= 11 is 0. The van der Waals surface area contributed by atoms with Crippen LogP contribution in [0.1, 0.15) is 18.1 Å². The molecule has 1 aliphatic heterocycles. The van der Waals surface area contributed by atoms with Crippen molar-refractivity contribution in [2.75, 3.05) is 26.2 Å². The van der Waals surface area contributed by atoms with Crippen molar-refractivity contribution in [3.8, 4) is 0 Å². The van der Waals surface area contributed by atoms with Gasteiger partial charge < -0.3 is 14.6 Å². The average Bonchev–Trinajstić information content (AvgIpc) is 2.69. The fourth-order valence-electron chi connectivity index (χ4n) is 3.13. The van der Waals surface area contributed by atoms with E-state index in [-0.39, 0.29) is 5.91 Å². The van der Waals surface area contributed by atoms with Crippen LogP contribution in [-0.4, -0.2) is 49.3 Å². The second kappa shape index (κ2) is 9.15. The van der Waals surface area contributed by atoms with Gasteiger partial charge in [-0.15, -0.1) is 0 Å². The molecule has 0 radical (unpaired) electrons. The minimum absolute atomic E-state index is 0.00831. The van der Waals surface area contributed by atoms with Gasteiger partial charge in [-0.25, -0.2) is 0 Å². The van der Waals surface area contributed by atoms with Crippen molar-refractivity contribution >= 4 is 12.1 Å². The van der Waals surface area contributed by atoms with Gasteiger partial charge in [0.2, 0.25) is 6.10 Å². The van der Waals surface area contributed by atoms with E-state index in [9.17, 15) is 4.79 Å². The van der Waals surface area contributed by atoms with E-state index in [1.54, 1.807) is 13.1 Å². The van der Waals surface area contributed by atoms with Crippen LogP contribution in [0, 0.1) is 0 Å². The third kappa shape index (κ3) is 5.17. The molecule has 2 aromatic rings. The molecule has 2 aromatic carbocycles. The molecule has 5 nitrogen and oxygen atoms in total. The Bertz CT molecular complexity index is 711. The lowest BCUT2D eigenvalue weighted by molar-refractivity contribution is -0.917. The Morgan fingerprint density at radius 1 is 1.12 bits per heavy atom. The number of piperazine rings is 1. The number of carbonyl (C=O) groups is 1. The first-order valence-corrected chi connectivity index (χ1v) is 9.13. The number of amides is 1. The SMILES string of the molecule is C[C@H](O/N=C\c1ccccc1)C(=O)N1CC[NH+](Cc2ccccc2)CC1. The molecule has 0 bridgehead atoms. The normalized spacial score (nSPS) is 16.6. The third-order valence-electron chi connectivity index (χ3n) is 4.65. The Labute approximate surface area is 154 Å². The summed E-state index contributed by atoms with van der Waals surface area (Å²) in [6.07, 6.45) is 1.07. The van der Waals surface area contributed by atoms with Crippen molar-refractivity contribution in [2.24, 2.45) is 5.16 Å². The zero-order chi connectivity index (χ0) is 18.2. The highest BCUT2D eigenvalue weighted by Crippen LogP contribution is 2.03. The molecule has 1 saturated heterocycles. The first-order chi connectivity index (χ1) is 12.7. The summed E-state index contributed by atoms with van der Waals surface area (Å²) in [4.78, 5) is 21.3. The molecule has 136 valence electrons. The zero-order valence-corrected chi connectivity index (χ0v) is 15.2. The number of nitrogens with one attached hydrogen (secondary N) is 1. The largest absolute Gasteiger partial charge is 0.383 e. The molecule has 1 atom stereocenters. The minimum Gasteiger partial charge on any atom is -0.383 e. The first kappa shape index (κ1) is 18.1. The summed E-state index contributed by atoms with van der Waals surface area (Å²) in [7, 11) is 0. The Hall–Kier alpha value is -2.66. The molecule has 1 fully saturated rings. The molecule has 1 heterocycles. The lowest BCUT2D eigenvalue weighted by Gasteiger charge is -2.33. The molecule has 26 heavy (non-hydrogen) atoms. The maximum atomic E-state index is 12.5. The Morgan fingerprint density at radius 3 is 2.38 bits per heavy atom. The maximum Gasteiger partial charge on any atom is 0.266 e. The van der Waals surface area contributed by atoms with Crippen molar-refractivity contribution in [3.05, 3.63) is 71.8 Å². The highest BCUT2D eigenvalue weighted by atomic mass is 16.6. The number of nitrogens with zero attached hydrogens (tertiary/aromatic N) is 2. The Balaban J connectivity index is 1.43. The standard InChI is InChI=1S/C21H25N3O2/c1-18(26-22-16-19-8-4-2-5-9-19)21(25)24-14-12-23(13-15-24)17-20-10-6-3-7-11-20/h2-11,16,18H,12-15,17H2,1H3/p+1/b22-16-/t18-/m0/s1. The van der Waals surface area contributed by atoms with Gasteiger partial charge in [-0.3, -0.25) is 4.79 Å². The van der Waals surface area contributed by atoms with E-state index in [2.05, 4.69) is 29.4 Å². The zero-order valence-electron chi connectivity index (χ0n) is 15.2. The summed E-state index contributed by atoms with van der Waals surface area (Å²) in [5.41, 5.74) is 2.29. The number of quaternary nitrogens is 1. The van der Waals surface area contributed by atoms with Crippen LogP contribution < -0.4 is 4.90 Å². The minimum atomic E-state index is -0.564. The molecule has 1 aliphatic rings. The van der Waals surface area contributed by atoms with Crippen molar-refractivity contribution < 1.29 is 14.5 Å². The molecule has 0 saturated carbocycles. The molecule has 0 unspecified atom stereocenters. The maximum absolute atomic E-state index is 12.5. The van der Waals surface area contributed by atoms with E-state index in [1.165, 1.54) is 10.5 Å². The van der Waals surface area contributed by atoms with Crippen LogP contribution in [0.25, 0.3) is 0 Å². The van der Waals surface area contributed by atoms with E-state index in [4.69, 9.17) is 4.84 Å². The second-order valence-corrected chi connectivity index (χ2v) is 6.63. The summed E-state index contributed by atoms with van der Waals surface area (Å²) in [5, 5.41) is 3.95. The lowest BCUT2D eigenvalue weighted by atomic mass is 10.2. The highest BCUT2D eigenvalue weighted by Gasteiger charge is 2.27. The number of hydrogen-bond donors (Lipinski definition) is 1. The van der Waals surface area contributed by atoms with Crippen LogP contribution in [0.5, 0.6) is 0 Å². The highest BCUT2D eigenvalue weighted by molar-refractivity contribution is 5.81. The van der Waals surface area contributed by atoms with E-state index >= 15 is 0 Å². The van der Waals surface area contributed by atoms with Crippen LogP contribution in [0.15, 0.2) is 65.8 Å². The van der Waals surface area contributed by atoms with Crippen LogP contribution >= 0.6 is 0 Å². The number of rotatable bonds is 6. The molecule has 3 rings (SSSR count). The topological polar surface area (TPSA) is 46.3 Å². The van der Waals surface area contributed by atoms with E-state index in [1.807, 2.05) is 41.3 Å². The van der Waals surface area contributed by atoms with Gasteiger partial charge in [0.15, 0.2) is 0 Å². The van der Waals surface area contributed by atoms with Crippen molar-refractivity contribution in [3.63, 3.8) is 0 Å². The monoisotopic (exact) mass is 352 g/mol. The van der Waals surface area contributed by atoms with Gasteiger partial charge in [-0.2, -0.15) is 0 Å². The number of carbonyl (C=O) groups excluding carboxylic acids is 1. The predicted molar refractivity (Wildman–Crippen MR) is 102 cm³/mol. The van der Waals surface area contributed by atoms with Gasteiger partial charge in [0.1, 0.15) is 6.54 Å². The Morgan fingerprint density at radius 2 is 1.73 bits per heavy atom. The van der Waals surface area contributed by atoms with Gasteiger partial charge in [-0.1, -0.05) is 65.8 Å². The lowest BCUT2D eigenvalue weighted by Crippen LogP contribution is -3.13. The van der Waals surface area contributed by atoms with Crippen LogP contribution in [-0.2, 0) is 16.2 Å². The molecule has 0 aliphatic carbocycles. The van der Waals surface area contributed by atoms with Crippen molar-refractivity contribution in [1.29, 1.82) is 0 Å². The van der Waals surface area contributed by atoms with Gasteiger partial charge in [0.05, 0.1) is 32.4 Å². The summed E-state index contributed by atoms with van der Waals surface area (Å²) in [6.45, 7) is 6.21. The number of oxime groups is 1. The molecular formula is C21H26N3O2+. The average molecular weight is 352 g/mol. The van der Waals surface area contributed by atoms with E-state index in [0.717, 1.165) is 38.3 Å². The predicted octanol–water partition coefficient (Wildman–Crippen LogP) is 1.35. The number of hydrogen-bond acceptors (Lipinski definition) is 3. The van der Waals surface area contributed by atoms with Gasteiger partial charge in [-0.05, 0) is 12.5 Å². The summed E-state index contributed by atoms with van der Waals surface area (Å²) in [5.74, 6) is 0.00831. The fourth-order valence-corrected chi connectivity index (χ4v) is 3.13. The van der Waals surface area contributed by atoms with E-state index in [0.29, 0.717) is 0 Å². The summed E-state index contributed by atoms with van der Waals surface area (Å²) in [6, 6.07) is 20.2. The van der Waals surface area contributed by atoms with Crippen LogP contribution in [0.3, 0.4) is 0 Å². The smallest absolute Gasteiger partial charge is 0.266 e. The third-order valence-corrected chi connectivity index (χ3v) is 4.65. The van der Waals surface area contributed by atoms with Gasteiger partial charge in [0.25, 0.3) is 5.91 Å². The second-order valence-electron chi connectivity index (χ2n) is 6.63. The van der Waals surface area contributed by atoms with Gasteiger partial charge in [0, 0.05) is 5.56 Å². The first-order valence-electron chi connectivity index (χ1n) is 9.13. The van der Waals surface area contributed by atoms with Crippen LogP contribution in [0.2, 0.25) is 0 Å².